The van der Waals surface area contributed by atoms with E-state index in [1.807, 2.05) is 6.07 Å². The summed E-state index contributed by atoms with van der Waals surface area (Å²) >= 11 is 0. The molecule has 1 heterocycles. The van der Waals surface area contributed by atoms with Crippen LogP contribution in [0.3, 0.4) is 0 Å². The molecule has 3 atom stereocenters. The number of hydrogen-bond acceptors (Lipinski definition) is 2. The molecule has 0 spiro atoms. The Bertz CT molecular complexity index is 369. The van der Waals surface area contributed by atoms with E-state index in [-0.39, 0.29) is 5.41 Å². The highest BCUT2D eigenvalue weighted by Gasteiger charge is 2.41. The molecule has 3 unspecified atom stereocenters. The molecule has 0 amide bonds. The van der Waals surface area contributed by atoms with Crippen LogP contribution in [0.5, 0.6) is 0 Å². The summed E-state index contributed by atoms with van der Waals surface area (Å²) in [4.78, 5) is 0. The van der Waals surface area contributed by atoms with Crippen LogP contribution < -0.4 is 5.32 Å². The van der Waals surface area contributed by atoms with E-state index >= 15 is 0 Å². The van der Waals surface area contributed by atoms with E-state index in [9.17, 15) is 0 Å². The maximum absolute atomic E-state index is 5.70. The van der Waals surface area contributed by atoms with Gasteiger partial charge in [0.1, 0.15) is 5.76 Å². The van der Waals surface area contributed by atoms with E-state index in [0.717, 1.165) is 18.2 Å². The topological polar surface area (TPSA) is 25.2 Å². The third kappa shape index (κ3) is 3.22. The van der Waals surface area contributed by atoms with Crippen LogP contribution >= 0.6 is 0 Å². The van der Waals surface area contributed by atoms with Crippen molar-refractivity contribution in [3.63, 3.8) is 0 Å². The Morgan fingerprint density at radius 2 is 2.16 bits per heavy atom. The van der Waals surface area contributed by atoms with Gasteiger partial charge in [-0.1, -0.05) is 34.1 Å². The first kappa shape index (κ1) is 14.6. The molecular formula is C17H29NO. The predicted octanol–water partition coefficient (Wildman–Crippen LogP) is 4.36. The van der Waals surface area contributed by atoms with Crippen LogP contribution in [0, 0.1) is 11.8 Å². The van der Waals surface area contributed by atoms with Crippen molar-refractivity contribution < 1.29 is 4.42 Å². The summed E-state index contributed by atoms with van der Waals surface area (Å²) in [5, 5.41) is 3.78. The smallest absolute Gasteiger partial charge is 0.109 e. The molecule has 0 saturated heterocycles. The van der Waals surface area contributed by atoms with E-state index in [1.165, 1.54) is 25.7 Å². The second-order valence-corrected chi connectivity index (χ2v) is 6.78. The van der Waals surface area contributed by atoms with Crippen molar-refractivity contribution in [2.45, 2.75) is 64.8 Å². The second kappa shape index (κ2) is 6.13. The van der Waals surface area contributed by atoms with E-state index in [1.54, 1.807) is 6.26 Å². The fourth-order valence-electron chi connectivity index (χ4n) is 3.63. The highest BCUT2D eigenvalue weighted by Crippen LogP contribution is 2.42. The van der Waals surface area contributed by atoms with Crippen LogP contribution in [0.2, 0.25) is 0 Å². The van der Waals surface area contributed by atoms with Gasteiger partial charge in [-0.2, -0.15) is 0 Å². The maximum atomic E-state index is 5.70. The van der Waals surface area contributed by atoms with Gasteiger partial charge < -0.3 is 9.73 Å². The predicted molar refractivity (Wildman–Crippen MR) is 80.3 cm³/mol. The fourth-order valence-corrected chi connectivity index (χ4v) is 3.63. The van der Waals surface area contributed by atoms with E-state index in [0.29, 0.717) is 12.0 Å². The van der Waals surface area contributed by atoms with Gasteiger partial charge in [0.05, 0.1) is 6.26 Å². The molecule has 1 aliphatic rings. The maximum Gasteiger partial charge on any atom is 0.109 e. The molecule has 0 aliphatic heterocycles. The molecule has 1 fully saturated rings. The summed E-state index contributed by atoms with van der Waals surface area (Å²) in [6.45, 7) is 10.4. The third-order valence-electron chi connectivity index (χ3n) is 4.85. The van der Waals surface area contributed by atoms with Gasteiger partial charge in [-0.15, -0.1) is 0 Å². The van der Waals surface area contributed by atoms with Gasteiger partial charge in [0.25, 0.3) is 0 Å². The third-order valence-corrected chi connectivity index (χ3v) is 4.85. The van der Waals surface area contributed by atoms with Gasteiger partial charge in [0, 0.05) is 11.5 Å². The van der Waals surface area contributed by atoms with Crippen molar-refractivity contribution in [3.8, 4) is 0 Å². The first-order valence-corrected chi connectivity index (χ1v) is 7.83. The van der Waals surface area contributed by atoms with Crippen molar-refractivity contribution in [2.75, 3.05) is 6.54 Å². The molecule has 19 heavy (non-hydrogen) atoms. The molecular weight excluding hydrogens is 234 g/mol. The lowest BCUT2D eigenvalue weighted by Gasteiger charge is -2.43. The van der Waals surface area contributed by atoms with Gasteiger partial charge in [0.15, 0.2) is 0 Å². The molecule has 0 bridgehead atoms. The lowest BCUT2D eigenvalue weighted by Crippen LogP contribution is -2.48. The molecule has 2 heteroatoms. The average molecular weight is 263 g/mol. The van der Waals surface area contributed by atoms with Crippen molar-refractivity contribution in [1.82, 2.24) is 5.32 Å². The molecule has 1 aromatic heterocycles. The van der Waals surface area contributed by atoms with Crippen LogP contribution in [0.4, 0.5) is 0 Å². The Kier molecular flexibility index (Phi) is 4.72. The highest BCUT2D eigenvalue weighted by atomic mass is 16.3. The number of hydrogen-bond donors (Lipinski definition) is 1. The first-order valence-electron chi connectivity index (χ1n) is 7.83. The molecule has 1 aromatic rings. The summed E-state index contributed by atoms with van der Waals surface area (Å²) in [6, 6.07) is 4.77. The quantitative estimate of drug-likeness (QED) is 0.853. The molecule has 1 aliphatic carbocycles. The largest absolute Gasteiger partial charge is 0.469 e. The summed E-state index contributed by atoms with van der Waals surface area (Å²) in [6.07, 6.45) is 6.96. The average Bonchev–Trinajstić information content (AvgIpc) is 2.90. The zero-order valence-electron chi connectivity index (χ0n) is 12.9. The number of nitrogens with one attached hydrogen (secondary N) is 1. The molecule has 1 N–H and O–H groups in total. The highest BCUT2D eigenvalue weighted by molar-refractivity contribution is 5.15. The summed E-state index contributed by atoms with van der Waals surface area (Å²) < 4.78 is 5.70. The lowest BCUT2D eigenvalue weighted by atomic mass is 9.65. The summed E-state index contributed by atoms with van der Waals surface area (Å²) in [5.41, 5.74) is 0.120. The van der Waals surface area contributed by atoms with Crippen molar-refractivity contribution >= 4 is 0 Å². The van der Waals surface area contributed by atoms with E-state index in [4.69, 9.17) is 4.42 Å². The minimum Gasteiger partial charge on any atom is -0.469 e. The van der Waals surface area contributed by atoms with E-state index in [2.05, 4.69) is 39.1 Å². The minimum absolute atomic E-state index is 0.120. The summed E-state index contributed by atoms with van der Waals surface area (Å²) in [7, 11) is 0. The Labute approximate surface area is 118 Å². The monoisotopic (exact) mass is 263 g/mol. The van der Waals surface area contributed by atoms with Gasteiger partial charge in [0.2, 0.25) is 0 Å². The lowest BCUT2D eigenvalue weighted by molar-refractivity contribution is 0.130. The second-order valence-electron chi connectivity index (χ2n) is 6.78. The Morgan fingerprint density at radius 1 is 1.37 bits per heavy atom. The molecule has 2 nitrogen and oxygen atoms in total. The number of furan rings is 1. The fraction of sp³-hybridized carbons (Fsp3) is 0.765. The van der Waals surface area contributed by atoms with Gasteiger partial charge in [-0.25, -0.2) is 0 Å². The molecule has 1 saturated carbocycles. The Morgan fingerprint density at radius 3 is 2.79 bits per heavy atom. The van der Waals surface area contributed by atoms with Crippen LogP contribution in [0.1, 0.15) is 59.1 Å². The Balaban J connectivity index is 2.15. The van der Waals surface area contributed by atoms with E-state index < -0.39 is 0 Å². The van der Waals surface area contributed by atoms with Crippen LogP contribution in [0.25, 0.3) is 0 Å². The van der Waals surface area contributed by atoms with Crippen LogP contribution in [0.15, 0.2) is 22.8 Å². The molecule has 0 radical (unpaired) electrons. The molecule has 0 aromatic carbocycles. The van der Waals surface area contributed by atoms with Crippen LogP contribution in [-0.4, -0.2) is 12.6 Å². The molecule has 108 valence electrons. The van der Waals surface area contributed by atoms with Gasteiger partial charge in [-0.3, -0.25) is 0 Å². The standard InChI is InChI=1S/C17H29NO/c1-5-10-18-15-12-13(2)8-9-14(15)17(3,4)16-7-6-11-19-16/h6-7,11,13-15,18H,5,8-10,12H2,1-4H3. The minimum atomic E-state index is 0.120. The Hall–Kier alpha value is -0.760. The molecule has 2 rings (SSSR count). The van der Waals surface area contributed by atoms with Gasteiger partial charge in [-0.05, 0) is 49.8 Å². The first-order chi connectivity index (χ1) is 9.05. The van der Waals surface area contributed by atoms with Crippen LogP contribution in [-0.2, 0) is 5.41 Å². The normalized spacial score (nSPS) is 28.5. The summed E-state index contributed by atoms with van der Waals surface area (Å²) in [5.74, 6) is 2.65. The van der Waals surface area contributed by atoms with Crippen molar-refractivity contribution in [3.05, 3.63) is 24.2 Å². The van der Waals surface area contributed by atoms with Gasteiger partial charge >= 0.3 is 0 Å². The SMILES string of the molecule is CCCNC1CC(C)CCC1C(C)(C)c1ccco1. The number of rotatable bonds is 5. The zero-order chi connectivity index (χ0) is 13.9. The van der Waals surface area contributed by atoms with Crippen molar-refractivity contribution in [1.29, 1.82) is 0 Å². The van der Waals surface area contributed by atoms with Crippen molar-refractivity contribution in [2.24, 2.45) is 11.8 Å². The zero-order valence-corrected chi connectivity index (χ0v) is 12.9.